The number of hydrogen-bond donors (Lipinski definition) is 1. The Kier molecular flexibility index (Phi) is 4.35. The molecule has 1 fully saturated rings. The number of rotatable bonds is 3. The van der Waals surface area contributed by atoms with Crippen molar-refractivity contribution in [3.63, 3.8) is 0 Å². The summed E-state index contributed by atoms with van der Waals surface area (Å²) >= 11 is 0. The van der Waals surface area contributed by atoms with Gasteiger partial charge in [-0.15, -0.1) is 0 Å². The highest BCUT2D eigenvalue weighted by Crippen LogP contribution is 2.18. The molecule has 1 aliphatic rings. The summed E-state index contributed by atoms with van der Waals surface area (Å²) in [6.45, 7) is 4.15. The third kappa shape index (κ3) is 2.69. The molecular weight excluding hydrogens is 180 g/mol. The maximum Gasteiger partial charge on any atom is 0.239 e. The summed E-state index contributed by atoms with van der Waals surface area (Å²) in [7, 11) is 1.79. The van der Waals surface area contributed by atoms with Crippen LogP contribution in [0.1, 0.15) is 19.8 Å². The molecule has 1 amide bonds. The predicted molar refractivity (Wildman–Crippen MR) is 54.8 cm³/mol. The molecule has 0 saturated carbocycles. The van der Waals surface area contributed by atoms with Gasteiger partial charge in [0.25, 0.3) is 0 Å². The third-order valence-electron chi connectivity index (χ3n) is 2.91. The number of nitrogens with two attached hydrogens (primary N) is 1. The zero-order chi connectivity index (χ0) is 10.6. The van der Waals surface area contributed by atoms with E-state index in [0.717, 1.165) is 32.6 Å². The van der Waals surface area contributed by atoms with Crippen molar-refractivity contribution in [3.05, 3.63) is 0 Å². The van der Waals surface area contributed by atoms with Crippen LogP contribution in [0.25, 0.3) is 0 Å². The van der Waals surface area contributed by atoms with Crippen molar-refractivity contribution in [3.8, 4) is 0 Å². The standard InChI is InChI=1S/C10H20N2O2/c1-3-12(2)10(13)9(11)8-4-6-14-7-5-8/h8-9H,3-7,11H2,1-2H3. The first-order chi connectivity index (χ1) is 6.66. The largest absolute Gasteiger partial charge is 0.381 e. The predicted octanol–water partition coefficient (Wildman–Crippen LogP) is 0.219. The first kappa shape index (κ1) is 11.5. The molecule has 1 unspecified atom stereocenters. The Morgan fingerprint density at radius 1 is 1.57 bits per heavy atom. The second-order valence-corrected chi connectivity index (χ2v) is 3.83. The van der Waals surface area contributed by atoms with Crippen molar-refractivity contribution in [1.29, 1.82) is 0 Å². The molecule has 0 spiro atoms. The molecule has 1 heterocycles. The van der Waals surface area contributed by atoms with Gasteiger partial charge in [-0.1, -0.05) is 0 Å². The monoisotopic (exact) mass is 200 g/mol. The Labute approximate surface area is 85.4 Å². The number of likely N-dealkylation sites (N-methyl/N-ethyl adjacent to an activating group) is 1. The molecule has 4 nitrogen and oxygen atoms in total. The Balaban J connectivity index is 2.45. The minimum atomic E-state index is -0.344. The lowest BCUT2D eigenvalue weighted by molar-refractivity contribution is -0.133. The second-order valence-electron chi connectivity index (χ2n) is 3.83. The van der Waals surface area contributed by atoms with Crippen LogP contribution in [-0.4, -0.2) is 43.7 Å². The SMILES string of the molecule is CCN(C)C(=O)C(N)C1CCOCC1. The summed E-state index contributed by atoms with van der Waals surface area (Å²) in [6, 6.07) is -0.344. The van der Waals surface area contributed by atoms with Gasteiger partial charge in [0.1, 0.15) is 0 Å². The number of carbonyl (C=O) groups excluding carboxylic acids is 1. The molecule has 0 aromatic rings. The van der Waals surface area contributed by atoms with E-state index in [-0.39, 0.29) is 11.9 Å². The molecule has 82 valence electrons. The van der Waals surface area contributed by atoms with E-state index in [1.54, 1.807) is 11.9 Å². The highest BCUT2D eigenvalue weighted by Gasteiger charge is 2.27. The Hall–Kier alpha value is -0.610. The van der Waals surface area contributed by atoms with Gasteiger partial charge in [-0.25, -0.2) is 0 Å². The molecule has 0 aromatic heterocycles. The molecule has 0 radical (unpaired) electrons. The van der Waals surface area contributed by atoms with E-state index in [1.165, 1.54) is 0 Å². The molecule has 0 aliphatic carbocycles. The average molecular weight is 200 g/mol. The summed E-state index contributed by atoms with van der Waals surface area (Å²) in [5.74, 6) is 0.352. The second kappa shape index (κ2) is 5.32. The molecule has 1 saturated heterocycles. The highest BCUT2D eigenvalue weighted by atomic mass is 16.5. The smallest absolute Gasteiger partial charge is 0.239 e. The van der Waals surface area contributed by atoms with Crippen LogP contribution < -0.4 is 5.73 Å². The fraction of sp³-hybridized carbons (Fsp3) is 0.900. The summed E-state index contributed by atoms with van der Waals surface area (Å²) in [4.78, 5) is 13.4. The van der Waals surface area contributed by atoms with Crippen molar-refractivity contribution >= 4 is 5.91 Å². The first-order valence-corrected chi connectivity index (χ1v) is 5.25. The van der Waals surface area contributed by atoms with E-state index in [9.17, 15) is 4.79 Å². The van der Waals surface area contributed by atoms with Gasteiger partial charge in [-0.2, -0.15) is 0 Å². The lowest BCUT2D eigenvalue weighted by Gasteiger charge is -2.29. The van der Waals surface area contributed by atoms with Gasteiger partial charge in [-0.3, -0.25) is 4.79 Å². The van der Waals surface area contributed by atoms with Crippen LogP contribution in [-0.2, 0) is 9.53 Å². The van der Waals surface area contributed by atoms with E-state index >= 15 is 0 Å². The third-order valence-corrected chi connectivity index (χ3v) is 2.91. The first-order valence-electron chi connectivity index (χ1n) is 5.25. The Morgan fingerprint density at radius 2 is 2.14 bits per heavy atom. The van der Waals surface area contributed by atoms with Gasteiger partial charge in [0.2, 0.25) is 5.91 Å². The van der Waals surface area contributed by atoms with Crippen LogP contribution >= 0.6 is 0 Å². The van der Waals surface area contributed by atoms with Crippen molar-refractivity contribution in [2.75, 3.05) is 26.8 Å². The maximum absolute atomic E-state index is 11.7. The van der Waals surface area contributed by atoms with Crippen LogP contribution in [0.5, 0.6) is 0 Å². The van der Waals surface area contributed by atoms with Gasteiger partial charge < -0.3 is 15.4 Å². The van der Waals surface area contributed by atoms with Crippen LogP contribution in [0.4, 0.5) is 0 Å². The average Bonchev–Trinajstić information content (AvgIpc) is 2.27. The zero-order valence-corrected chi connectivity index (χ0v) is 9.03. The summed E-state index contributed by atoms with van der Waals surface area (Å²) in [5.41, 5.74) is 5.92. The van der Waals surface area contributed by atoms with E-state index in [4.69, 9.17) is 10.5 Å². The van der Waals surface area contributed by atoms with Gasteiger partial charge in [0.15, 0.2) is 0 Å². The molecule has 0 bridgehead atoms. The van der Waals surface area contributed by atoms with Crippen molar-refractivity contribution in [1.82, 2.24) is 4.90 Å². The molecule has 0 aromatic carbocycles. The van der Waals surface area contributed by atoms with Gasteiger partial charge in [0.05, 0.1) is 6.04 Å². The summed E-state index contributed by atoms with van der Waals surface area (Å²) in [6.07, 6.45) is 1.81. The van der Waals surface area contributed by atoms with Gasteiger partial charge in [-0.05, 0) is 25.7 Å². The summed E-state index contributed by atoms with van der Waals surface area (Å²) in [5, 5.41) is 0. The lowest BCUT2D eigenvalue weighted by atomic mass is 9.91. The number of carbonyl (C=O) groups is 1. The Morgan fingerprint density at radius 3 is 2.64 bits per heavy atom. The fourth-order valence-electron chi connectivity index (χ4n) is 1.69. The minimum absolute atomic E-state index is 0.0550. The number of ether oxygens (including phenoxy) is 1. The molecule has 14 heavy (non-hydrogen) atoms. The van der Waals surface area contributed by atoms with Gasteiger partial charge in [0, 0.05) is 26.8 Å². The quantitative estimate of drug-likeness (QED) is 0.709. The Bertz CT molecular complexity index is 191. The van der Waals surface area contributed by atoms with Crippen molar-refractivity contribution in [2.24, 2.45) is 11.7 Å². The number of amides is 1. The van der Waals surface area contributed by atoms with Crippen LogP contribution in [0.15, 0.2) is 0 Å². The number of hydrogen-bond acceptors (Lipinski definition) is 3. The zero-order valence-electron chi connectivity index (χ0n) is 9.03. The summed E-state index contributed by atoms with van der Waals surface area (Å²) < 4.78 is 5.24. The highest BCUT2D eigenvalue weighted by molar-refractivity contribution is 5.81. The molecule has 4 heteroatoms. The van der Waals surface area contributed by atoms with Crippen LogP contribution in [0.3, 0.4) is 0 Å². The normalized spacial score (nSPS) is 20.5. The molecule has 2 N–H and O–H groups in total. The van der Waals surface area contributed by atoms with E-state index < -0.39 is 0 Å². The maximum atomic E-state index is 11.7. The van der Waals surface area contributed by atoms with Crippen LogP contribution in [0.2, 0.25) is 0 Å². The molecule has 1 rings (SSSR count). The van der Waals surface area contributed by atoms with Crippen LogP contribution in [0, 0.1) is 5.92 Å². The van der Waals surface area contributed by atoms with E-state index in [0.29, 0.717) is 5.92 Å². The van der Waals surface area contributed by atoms with Crippen molar-refractivity contribution in [2.45, 2.75) is 25.8 Å². The molecular formula is C10H20N2O2. The number of nitrogens with zero attached hydrogens (tertiary/aromatic N) is 1. The fourth-order valence-corrected chi connectivity index (χ4v) is 1.69. The molecule has 1 atom stereocenters. The van der Waals surface area contributed by atoms with E-state index in [2.05, 4.69) is 0 Å². The van der Waals surface area contributed by atoms with Crippen molar-refractivity contribution < 1.29 is 9.53 Å². The minimum Gasteiger partial charge on any atom is -0.381 e. The van der Waals surface area contributed by atoms with Gasteiger partial charge >= 0.3 is 0 Å². The lowest BCUT2D eigenvalue weighted by Crippen LogP contribution is -2.47. The molecule has 1 aliphatic heterocycles. The topological polar surface area (TPSA) is 55.6 Å². The van der Waals surface area contributed by atoms with E-state index in [1.807, 2.05) is 6.92 Å².